The summed E-state index contributed by atoms with van der Waals surface area (Å²) in [6.45, 7) is 5.15. The van der Waals surface area contributed by atoms with E-state index >= 15 is 0 Å². The Hall–Kier alpha value is -1.55. The van der Waals surface area contributed by atoms with Gasteiger partial charge in [-0.25, -0.2) is 0 Å². The van der Waals surface area contributed by atoms with Gasteiger partial charge in [-0.3, -0.25) is 4.79 Å². The van der Waals surface area contributed by atoms with Crippen molar-refractivity contribution in [3.8, 4) is 0 Å². The number of nitrogens with two attached hydrogens (primary N) is 1. The number of hydrogen-bond acceptors (Lipinski definition) is 3. The Balaban J connectivity index is 2.37. The standard InChI is InChI=1S/C14H22N2O2/c1-11(2)18-9-8-16(3)14(17)10-12-4-6-13(15)7-5-12/h4-7,11H,8-10,15H2,1-3H3. The molecule has 0 saturated carbocycles. The van der Waals surface area contributed by atoms with Gasteiger partial charge in [0.05, 0.1) is 19.1 Å². The molecule has 18 heavy (non-hydrogen) atoms. The van der Waals surface area contributed by atoms with Gasteiger partial charge >= 0.3 is 0 Å². The van der Waals surface area contributed by atoms with Crippen LogP contribution in [-0.4, -0.2) is 37.1 Å². The van der Waals surface area contributed by atoms with Crippen LogP contribution in [0.3, 0.4) is 0 Å². The summed E-state index contributed by atoms with van der Waals surface area (Å²) in [5, 5.41) is 0. The minimum absolute atomic E-state index is 0.0899. The molecule has 0 heterocycles. The van der Waals surface area contributed by atoms with Gasteiger partial charge in [0.2, 0.25) is 5.91 Å². The molecule has 0 fully saturated rings. The number of anilines is 1. The molecule has 2 N–H and O–H groups in total. The van der Waals surface area contributed by atoms with E-state index in [9.17, 15) is 4.79 Å². The lowest BCUT2D eigenvalue weighted by Gasteiger charge is -2.18. The van der Waals surface area contributed by atoms with Crippen molar-refractivity contribution >= 4 is 11.6 Å². The first kappa shape index (κ1) is 14.5. The highest BCUT2D eigenvalue weighted by molar-refractivity contribution is 5.78. The third kappa shape index (κ3) is 5.19. The van der Waals surface area contributed by atoms with Gasteiger partial charge in [-0.15, -0.1) is 0 Å². The third-order valence-corrected chi connectivity index (χ3v) is 2.64. The lowest BCUT2D eigenvalue weighted by Crippen LogP contribution is -2.31. The summed E-state index contributed by atoms with van der Waals surface area (Å²) >= 11 is 0. The van der Waals surface area contributed by atoms with Crippen LogP contribution in [0.4, 0.5) is 5.69 Å². The van der Waals surface area contributed by atoms with E-state index in [4.69, 9.17) is 10.5 Å². The van der Waals surface area contributed by atoms with Gasteiger partial charge in [0, 0.05) is 19.3 Å². The summed E-state index contributed by atoms with van der Waals surface area (Å²) in [5.41, 5.74) is 7.29. The van der Waals surface area contributed by atoms with Crippen molar-refractivity contribution in [2.24, 2.45) is 0 Å². The summed E-state index contributed by atoms with van der Waals surface area (Å²) in [7, 11) is 1.79. The molecule has 1 aromatic rings. The maximum Gasteiger partial charge on any atom is 0.226 e. The molecule has 4 nitrogen and oxygen atoms in total. The van der Waals surface area contributed by atoms with E-state index in [1.165, 1.54) is 0 Å². The van der Waals surface area contributed by atoms with Crippen molar-refractivity contribution in [1.29, 1.82) is 0 Å². The molecule has 0 atom stereocenters. The molecule has 0 unspecified atom stereocenters. The first-order chi connectivity index (χ1) is 8.49. The molecular formula is C14H22N2O2. The Morgan fingerprint density at radius 2 is 1.94 bits per heavy atom. The molecule has 1 aromatic carbocycles. The van der Waals surface area contributed by atoms with Crippen molar-refractivity contribution in [3.05, 3.63) is 29.8 Å². The van der Waals surface area contributed by atoms with Crippen molar-refractivity contribution in [2.45, 2.75) is 26.4 Å². The Morgan fingerprint density at radius 3 is 2.50 bits per heavy atom. The normalized spacial score (nSPS) is 10.7. The van der Waals surface area contributed by atoms with Gasteiger partial charge < -0.3 is 15.4 Å². The van der Waals surface area contributed by atoms with E-state index in [0.29, 0.717) is 25.3 Å². The van der Waals surface area contributed by atoms with Crippen molar-refractivity contribution < 1.29 is 9.53 Å². The molecule has 4 heteroatoms. The summed E-state index contributed by atoms with van der Waals surface area (Å²) in [6.07, 6.45) is 0.601. The molecule has 1 rings (SSSR count). The number of carbonyl (C=O) groups excluding carboxylic acids is 1. The quantitative estimate of drug-likeness (QED) is 0.782. The fraction of sp³-hybridized carbons (Fsp3) is 0.500. The van der Waals surface area contributed by atoms with Gasteiger partial charge in [0.1, 0.15) is 0 Å². The minimum atomic E-state index is 0.0899. The number of hydrogen-bond donors (Lipinski definition) is 1. The van der Waals surface area contributed by atoms with Crippen molar-refractivity contribution in [2.75, 3.05) is 25.9 Å². The van der Waals surface area contributed by atoms with E-state index in [-0.39, 0.29) is 12.0 Å². The van der Waals surface area contributed by atoms with Crippen LogP contribution in [0.25, 0.3) is 0 Å². The number of ether oxygens (including phenoxy) is 1. The number of nitrogen functional groups attached to an aromatic ring is 1. The zero-order valence-electron chi connectivity index (χ0n) is 11.3. The lowest BCUT2D eigenvalue weighted by molar-refractivity contribution is -0.130. The summed E-state index contributed by atoms with van der Waals surface area (Å²) < 4.78 is 5.42. The highest BCUT2D eigenvalue weighted by atomic mass is 16.5. The Bertz CT molecular complexity index is 374. The number of likely N-dealkylation sites (N-methyl/N-ethyl adjacent to an activating group) is 1. The SMILES string of the molecule is CC(C)OCCN(C)C(=O)Cc1ccc(N)cc1. The molecule has 1 amide bonds. The van der Waals surface area contributed by atoms with Crippen LogP contribution >= 0.6 is 0 Å². The van der Waals surface area contributed by atoms with Gasteiger partial charge in [-0.2, -0.15) is 0 Å². The molecule has 0 radical (unpaired) electrons. The Morgan fingerprint density at radius 1 is 1.33 bits per heavy atom. The van der Waals surface area contributed by atoms with E-state index in [2.05, 4.69) is 0 Å². The lowest BCUT2D eigenvalue weighted by atomic mass is 10.1. The van der Waals surface area contributed by atoms with Crippen molar-refractivity contribution in [1.82, 2.24) is 4.90 Å². The highest BCUT2D eigenvalue weighted by Gasteiger charge is 2.09. The average molecular weight is 250 g/mol. The number of nitrogens with zero attached hydrogens (tertiary/aromatic N) is 1. The molecule has 0 aliphatic carbocycles. The molecular weight excluding hydrogens is 228 g/mol. The van der Waals surface area contributed by atoms with Crippen LogP contribution in [0.5, 0.6) is 0 Å². The zero-order chi connectivity index (χ0) is 13.5. The van der Waals surface area contributed by atoms with Crippen LogP contribution in [-0.2, 0) is 16.0 Å². The second-order valence-corrected chi connectivity index (χ2v) is 4.65. The van der Waals surface area contributed by atoms with Gasteiger partial charge in [-0.05, 0) is 31.5 Å². The largest absolute Gasteiger partial charge is 0.399 e. The summed E-state index contributed by atoms with van der Waals surface area (Å²) in [5.74, 6) is 0.0899. The van der Waals surface area contributed by atoms with E-state index in [0.717, 1.165) is 5.56 Å². The Labute approximate surface area is 109 Å². The topological polar surface area (TPSA) is 55.6 Å². The molecule has 0 aliphatic heterocycles. The maximum absolute atomic E-state index is 11.9. The van der Waals surface area contributed by atoms with Crippen LogP contribution in [0.1, 0.15) is 19.4 Å². The average Bonchev–Trinajstić information content (AvgIpc) is 2.31. The van der Waals surface area contributed by atoms with E-state index in [1.54, 1.807) is 11.9 Å². The van der Waals surface area contributed by atoms with E-state index < -0.39 is 0 Å². The van der Waals surface area contributed by atoms with Crippen LogP contribution in [0.2, 0.25) is 0 Å². The zero-order valence-corrected chi connectivity index (χ0v) is 11.3. The summed E-state index contributed by atoms with van der Waals surface area (Å²) in [6, 6.07) is 7.38. The van der Waals surface area contributed by atoms with Crippen LogP contribution in [0, 0.1) is 0 Å². The van der Waals surface area contributed by atoms with Crippen LogP contribution in [0.15, 0.2) is 24.3 Å². The van der Waals surface area contributed by atoms with Gasteiger partial charge in [0.25, 0.3) is 0 Å². The summed E-state index contributed by atoms with van der Waals surface area (Å²) in [4.78, 5) is 13.6. The molecule has 0 spiro atoms. The molecule has 100 valence electrons. The third-order valence-electron chi connectivity index (χ3n) is 2.64. The number of amides is 1. The number of rotatable bonds is 6. The van der Waals surface area contributed by atoms with E-state index in [1.807, 2.05) is 38.1 Å². The highest BCUT2D eigenvalue weighted by Crippen LogP contribution is 2.07. The molecule has 0 aromatic heterocycles. The minimum Gasteiger partial charge on any atom is -0.399 e. The van der Waals surface area contributed by atoms with Crippen LogP contribution < -0.4 is 5.73 Å². The predicted octanol–water partition coefficient (Wildman–Crippen LogP) is 1.69. The first-order valence-corrected chi connectivity index (χ1v) is 6.19. The molecule has 0 saturated heterocycles. The molecule has 0 aliphatic rings. The second-order valence-electron chi connectivity index (χ2n) is 4.65. The van der Waals surface area contributed by atoms with Gasteiger partial charge in [0.15, 0.2) is 0 Å². The fourth-order valence-corrected chi connectivity index (χ4v) is 1.50. The molecule has 0 bridgehead atoms. The number of benzene rings is 1. The maximum atomic E-state index is 11.9. The fourth-order valence-electron chi connectivity index (χ4n) is 1.50. The Kier molecular flexibility index (Phi) is 5.65. The smallest absolute Gasteiger partial charge is 0.226 e. The van der Waals surface area contributed by atoms with Gasteiger partial charge in [-0.1, -0.05) is 12.1 Å². The monoisotopic (exact) mass is 250 g/mol. The second kappa shape index (κ2) is 7.01. The predicted molar refractivity (Wildman–Crippen MR) is 73.3 cm³/mol. The first-order valence-electron chi connectivity index (χ1n) is 6.19. The van der Waals surface area contributed by atoms with Crippen molar-refractivity contribution in [3.63, 3.8) is 0 Å². The number of carbonyl (C=O) groups is 1.